The first-order valence-corrected chi connectivity index (χ1v) is 6.46. The number of hydrogen-bond donors (Lipinski definition) is 3. The zero-order chi connectivity index (χ0) is 14.5. The summed E-state index contributed by atoms with van der Waals surface area (Å²) >= 11 is 0. The molecule has 3 N–H and O–H groups in total. The lowest BCUT2D eigenvalue weighted by Gasteiger charge is -2.24. The van der Waals surface area contributed by atoms with Crippen LogP contribution in [0.2, 0.25) is 0 Å². The Hall–Kier alpha value is -2.37. The summed E-state index contributed by atoms with van der Waals surface area (Å²) in [6.45, 7) is 0.297. The molecule has 1 heterocycles. The number of fused-ring (bicyclic) bond motifs is 1. The molecule has 106 valence electrons. The van der Waals surface area contributed by atoms with E-state index in [2.05, 4.69) is 10.6 Å². The molecule has 1 aromatic rings. The summed E-state index contributed by atoms with van der Waals surface area (Å²) < 4.78 is 0. The smallest absolute Gasteiger partial charge is 0.303 e. The first-order chi connectivity index (χ1) is 9.58. The number of hydrogen-bond acceptors (Lipinski definition) is 3. The second-order valence-electron chi connectivity index (χ2n) is 4.68. The third-order valence-corrected chi connectivity index (χ3v) is 3.18. The van der Waals surface area contributed by atoms with Crippen LogP contribution in [0.3, 0.4) is 0 Å². The minimum atomic E-state index is -0.887. The molecule has 2 rings (SSSR count). The molecule has 1 aliphatic rings. The van der Waals surface area contributed by atoms with Gasteiger partial charge in [0.2, 0.25) is 11.8 Å². The Bertz CT molecular complexity index is 542. The van der Waals surface area contributed by atoms with Crippen molar-refractivity contribution in [1.29, 1.82) is 0 Å². The number of carboxylic acids is 1. The van der Waals surface area contributed by atoms with Gasteiger partial charge in [0.25, 0.3) is 0 Å². The van der Waals surface area contributed by atoms with Gasteiger partial charge in [0.05, 0.1) is 5.92 Å². The van der Waals surface area contributed by atoms with E-state index in [0.29, 0.717) is 18.7 Å². The van der Waals surface area contributed by atoms with Crippen LogP contribution in [0.25, 0.3) is 0 Å². The Morgan fingerprint density at radius 2 is 2.10 bits per heavy atom. The van der Waals surface area contributed by atoms with Crippen molar-refractivity contribution >= 4 is 23.5 Å². The molecule has 6 nitrogen and oxygen atoms in total. The number of para-hydroxylation sites is 1. The van der Waals surface area contributed by atoms with Crippen molar-refractivity contribution in [1.82, 2.24) is 5.32 Å². The molecule has 1 aromatic carbocycles. The minimum absolute atomic E-state index is 0.0159. The van der Waals surface area contributed by atoms with E-state index in [9.17, 15) is 14.4 Å². The standard InChI is InChI=1S/C14H16N2O4/c17-12-8-10(9-4-1-2-5-11(9)16-12)14(20)15-7-3-6-13(18)19/h1-2,4-5,10H,3,6-8H2,(H,15,20)(H,16,17)(H,18,19). The number of rotatable bonds is 5. The highest BCUT2D eigenvalue weighted by Gasteiger charge is 2.29. The number of amides is 2. The molecular weight excluding hydrogens is 260 g/mol. The van der Waals surface area contributed by atoms with Crippen LogP contribution in [0.1, 0.15) is 30.7 Å². The second kappa shape index (κ2) is 6.18. The van der Waals surface area contributed by atoms with Crippen LogP contribution in [0.4, 0.5) is 5.69 Å². The van der Waals surface area contributed by atoms with Gasteiger partial charge in [-0.3, -0.25) is 14.4 Å². The van der Waals surface area contributed by atoms with Crippen LogP contribution in [-0.2, 0) is 14.4 Å². The van der Waals surface area contributed by atoms with E-state index in [-0.39, 0.29) is 24.7 Å². The monoisotopic (exact) mass is 276 g/mol. The first-order valence-electron chi connectivity index (χ1n) is 6.46. The van der Waals surface area contributed by atoms with E-state index in [1.165, 1.54) is 0 Å². The lowest BCUT2D eigenvalue weighted by atomic mass is 9.90. The Balaban J connectivity index is 1.99. The number of anilines is 1. The highest BCUT2D eigenvalue weighted by molar-refractivity contribution is 6.01. The fourth-order valence-electron chi connectivity index (χ4n) is 2.22. The maximum atomic E-state index is 12.1. The van der Waals surface area contributed by atoms with Crippen LogP contribution < -0.4 is 10.6 Å². The largest absolute Gasteiger partial charge is 0.481 e. The molecule has 0 saturated heterocycles. The number of benzene rings is 1. The summed E-state index contributed by atoms with van der Waals surface area (Å²) in [5.41, 5.74) is 1.46. The Labute approximate surface area is 116 Å². The van der Waals surface area contributed by atoms with E-state index in [4.69, 9.17) is 5.11 Å². The fraction of sp³-hybridized carbons (Fsp3) is 0.357. The van der Waals surface area contributed by atoms with Crippen molar-refractivity contribution in [3.05, 3.63) is 29.8 Å². The zero-order valence-electron chi connectivity index (χ0n) is 10.9. The van der Waals surface area contributed by atoms with Gasteiger partial charge in [-0.15, -0.1) is 0 Å². The average Bonchev–Trinajstić information content (AvgIpc) is 2.42. The third-order valence-electron chi connectivity index (χ3n) is 3.18. The highest BCUT2D eigenvalue weighted by Crippen LogP contribution is 2.31. The number of carboxylic acid groups (broad SMARTS) is 1. The molecule has 1 aliphatic heterocycles. The fourth-order valence-corrected chi connectivity index (χ4v) is 2.22. The van der Waals surface area contributed by atoms with E-state index in [1.807, 2.05) is 12.1 Å². The summed E-state index contributed by atoms with van der Waals surface area (Å²) in [7, 11) is 0. The van der Waals surface area contributed by atoms with Crippen molar-refractivity contribution < 1.29 is 19.5 Å². The Morgan fingerprint density at radius 1 is 1.35 bits per heavy atom. The molecule has 6 heteroatoms. The van der Waals surface area contributed by atoms with Crippen molar-refractivity contribution in [3.63, 3.8) is 0 Å². The van der Waals surface area contributed by atoms with Gasteiger partial charge in [0, 0.05) is 25.1 Å². The van der Waals surface area contributed by atoms with Gasteiger partial charge in [-0.05, 0) is 18.1 Å². The molecule has 20 heavy (non-hydrogen) atoms. The van der Waals surface area contributed by atoms with E-state index in [1.54, 1.807) is 12.1 Å². The quantitative estimate of drug-likeness (QED) is 0.701. The predicted octanol–water partition coefficient (Wildman–Crippen LogP) is 1.09. The van der Waals surface area contributed by atoms with Gasteiger partial charge >= 0.3 is 5.97 Å². The predicted molar refractivity (Wildman–Crippen MR) is 72.3 cm³/mol. The molecule has 1 atom stereocenters. The summed E-state index contributed by atoms with van der Waals surface area (Å²) in [6.07, 6.45) is 0.505. The normalized spacial score (nSPS) is 17.0. The molecule has 0 aliphatic carbocycles. The van der Waals surface area contributed by atoms with Crippen molar-refractivity contribution in [2.45, 2.75) is 25.2 Å². The lowest BCUT2D eigenvalue weighted by Crippen LogP contribution is -2.35. The highest BCUT2D eigenvalue weighted by atomic mass is 16.4. The second-order valence-corrected chi connectivity index (χ2v) is 4.68. The first kappa shape index (κ1) is 14.0. The van der Waals surface area contributed by atoms with Crippen LogP contribution in [0, 0.1) is 0 Å². The lowest BCUT2D eigenvalue weighted by molar-refractivity contribution is -0.137. The third kappa shape index (κ3) is 3.34. The summed E-state index contributed by atoms with van der Waals surface area (Å²) in [5, 5.41) is 13.9. The number of carbonyl (C=O) groups is 3. The topological polar surface area (TPSA) is 95.5 Å². The van der Waals surface area contributed by atoms with Gasteiger partial charge in [-0.1, -0.05) is 18.2 Å². The molecular formula is C14H16N2O4. The summed E-state index contributed by atoms with van der Waals surface area (Å²) in [5.74, 6) is -1.82. The SMILES string of the molecule is O=C(O)CCCNC(=O)C1CC(=O)Nc2ccccc21. The van der Waals surface area contributed by atoms with Crippen molar-refractivity contribution in [2.75, 3.05) is 11.9 Å². The molecule has 2 amide bonds. The van der Waals surface area contributed by atoms with Crippen LogP contribution >= 0.6 is 0 Å². The van der Waals surface area contributed by atoms with E-state index < -0.39 is 11.9 Å². The van der Waals surface area contributed by atoms with Crippen LogP contribution in [0.5, 0.6) is 0 Å². The summed E-state index contributed by atoms with van der Waals surface area (Å²) in [4.78, 5) is 34.1. The average molecular weight is 276 g/mol. The molecule has 0 spiro atoms. The van der Waals surface area contributed by atoms with E-state index >= 15 is 0 Å². The van der Waals surface area contributed by atoms with Crippen molar-refractivity contribution in [2.24, 2.45) is 0 Å². The van der Waals surface area contributed by atoms with E-state index in [0.717, 1.165) is 5.56 Å². The van der Waals surface area contributed by atoms with Gasteiger partial charge in [-0.25, -0.2) is 0 Å². The van der Waals surface area contributed by atoms with Gasteiger partial charge in [0.1, 0.15) is 0 Å². The van der Waals surface area contributed by atoms with Gasteiger partial charge in [0.15, 0.2) is 0 Å². The number of aliphatic carboxylic acids is 1. The number of carbonyl (C=O) groups excluding carboxylic acids is 2. The summed E-state index contributed by atoms with van der Waals surface area (Å²) in [6, 6.07) is 7.20. The molecule has 1 unspecified atom stereocenters. The Kier molecular flexibility index (Phi) is 4.34. The molecule has 0 saturated carbocycles. The Morgan fingerprint density at radius 3 is 2.85 bits per heavy atom. The maximum Gasteiger partial charge on any atom is 0.303 e. The minimum Gasteiger partial charge on any atom is -0.481 e. The molecule has 0 bridgehead atoms. The van der Waals surface area contributed by atoms with Crippen LogP contribution in [-0.4, -0.2) is 29.4 Å². The number of nitrogens with one attached hydrogen (secondary N) is 2. The zero-order valence-corrected chi connectivity index (χ0v) is 10.9. The molecule has 0 radical (unpaired) electrons. The maximum absolute atomic E-state index is 12.1. The van der Waals surface area contributed by atoms with Crippen molar-refractivity contribution in [3.8, 4) is 0 Å². The van der Waals surface area contributed by atoms with Gasteiger partial charge in [-0.2, -0.15) is 0 Å². The van der Waals surface area contributed by atoms with Crippen LogP contribution in [0.15, 0.2) is 24.3 Å². The molecule has 0 aromatic heterocycles. The van der Waals surface area contributed by atoms with Gasteiger partial charge < -0.3 is 15.7 Å². The molecule has 0 fully saturated rings.